The van der Waals surface area contributed by atoms with Crippen LogP contribution in [0.2, 0.25) is 0 Å². The van der Waals surface area contributed by atoms with Gasteiger partial charge in [0.1, 0.15) is 17.0 Å². The number of halogens is 2. The Kier molecular flexibility index (Phi) is 7.99. The fraction of sp³-hybridized carbons (Fsp3) is 0.500. The van der Waals surface area contributed by atoms with Crippen molar-refractivity contribution in [1.29, 1.82) is 5.26 Å². The Morgan fingerprint density at radius 2 is 1.60 bits per heavy atom. The lowest BCUT2D eigenvalue weighted by Gasteiger charge is -2.25. The van der Waals surface area contributed by atoms with Crippen molar-refractivity contribution in [2.24, 2.45) is 0 Å². The van der Waals surface area contributed by atoms with Crippen molar-refractivity contribution < 1.29 is 27.8 Å². The molecule has 0 heterocycles. The Hall–Kier alpha value is -2.49. The van der Waals surface area contributed by atoms with Crippen LogP contribution in [0, 0.1) is 23.0 Å². The predicted molar refractivity (Wildman–Crippen MR) is 85.4 cm³/mol. The van der Waals surface area contributed by atoms with Gasteiger partial charge in [0, 0.05) is 11.6 Å². The van der Waals surface area contributed by atoms with Crippen LogP contribution >= 0.6 is 0 Å². The Balaban J connectivity index is 3.20. The summed E-state index contributed by atoms with van der Waals surface area (Å²) < 4.78 is 37.3. The van der Waals surface area contributed by atoms with E-state index < -0.39 is 41.8 Å². The molecule has 1 aromatic carbocycles. The second-order valence-corrected chi connectivity index (χ2v) is 5.61. The number of rotatable bonds is 9. The number of ether oxygens (including phenoxy) is 2. The standard InChI is InChI=1S/C18H21F2NO4/c1-3-7-24-16(22)10-18(12-21,11-17(23)25-8-4-2)14-6-5-13(19)9-15(14)20/h5-6,9H,3-4,7-8,10-11H2,1-2H3. The molecule has 0 aliphatic heterocycles. The number of nitrogens with zero attached hydrogens (tertiary/aromatic N) is 1. The summed E-state index contributed by atoms with van der Waals surface area (Å²) in [6.07, 6.45) is 0.0873. The first-order valence-corrected chi connectivity index (χ1v) is 8.06. The summed E-state index contributed by atoms with van der Waals surface area (Å²) >= 11 is 0. The Labute approximate surface area is 145 Å². The quantitative estimate of drug-likeness (QED) is 0.636. The first-order valence-electron chi connectivity index (χ1n) is 8.06. The number of esters is 2. The van der Waals surface area contributed by atoms with Gasteiger partial charge in [0.2, 0.25) is 0 Å². The second-order valence-electron chi connectivity index (χ2n) is 5.61. The summed E-state index contributed by atoms with van der Waals surface area (Å²) in [6, 6.07) is 4.49. The van der Waals surface area contributed by atoms with E-state index >= 15 is 0 Å². The molecule has 5 nitrogen and oxygen atoms in total. The monoisotopic (exact) mass is 353 g/mol. The molecule has 0 aliphatic carbocycles. The largest absolute Gasteiger partial charge is 0.466 e. The number of carbonyl (C=O) groups is 2. The number of nitriles is 1. The summed E-state index contributed by atoms with van der Waals surface area (Å²) in [5.74, 6) is -3.31. The van der Waals surface area contributed by atoms with E-state index in [2.05, 4.69) is 0 Å². The molecule has 0 bridgehead atoms. The number of benzene rings is 1. The predicted octanol–water partition coefficient (Wildman–Crippen LogP) is 3.41. The van der Waals surface area contributed by atoms with E-state index in [4.69, 9.17) is 9.47 Å². The molecule has 0 spiro atoms. The molecule has 0 unspecified atom stereocenters. The number of carbonyl (C=O) groups excluding carboxylic acids is 2. The average Bonchev–Trinajstić information content (AvgIpc) is 2.57. The van der Waals surface area contributed by atoms with Gasteiger partial charge in [-0.15, -0.1) is 0 Å². The first kappa shape index (κ1) is 20.6. The van der Waals surface area contributed by atoms with E-state index in [-0.39, 0.29) is 18.8 Å². The number of hydrogen-bond acceptors (Lipinski definition) is 5. The van der Waals surface area contributed by atoms with E-state index in [1.807, 2.05) is 6.07 Å². The Bertz CT molecular complexity index is 633. The molecule has 0 N–H and O–H groups in total. The highest BCUT2D eigenvalue weighted by molar-refractivity contribution is 5.77. The maximum atomic E-state index is 14.2. The van der Waals surface area contributed by atoms with Crippen molar-refractivity contribution in [3.8, 4) is 6.07 Å². The van der Waals surface area contributed by atoms with Gasteiger partial charge in [-0.05, 0) is 18.9 Å². The summed E-state index contributed by atoms with van der Waals surface area (Å²) in [6.45, 7) is 3.89. The third-order valence-electron chi connectivity index (χ3n) is 3.49. The van der Waals surface area contributed by atoms with E-state index in [9.17, 15) is 23.6 Å². The van der Waals surface area contributed by atoms with Crippen LogP contribution in [0.1, 0.15) is 45.1 Å². The molecule has 0 fully saturated rings. The van der Waals surface area contributed by atoms with Gasteiger partial charge >= 0.3 is 11.9 Å². The van der Waals surface area contributed by atoms with Crippen LogP contribution < -0.4 is 0 Å². The van der Waals surface area contributed by atoms with Gasteiger partial charge in [-0.1, -0.05) is 19.9 Å². The molecular weight excluding hydrogens is 332 g/mol. The normalized spacial score (nSPS) is 10.8. The SMILES string of the molecule is CCCOC(=O)CC(C#N)(CC(=O)OCCC)c1ccc(F)cc1F. The van der Waals surface area contributed by atoms with Crippen LogP contribution in [-0.4, -0.2) is 25.2 Å². The van der Waals surface area contributed by atoms with E-state index in [1.165, 1.54) is 0 Å². The van der Waals surface area contributed by atoms with Gasteiger partial charge in [-0.3, -0.25) is 9.59 Å². The van der Waals surface area contributed by atoms with Crippen LogP contribution in [0.3, 0.4) is 0 Å². The smallest absolute Gasteiger partial charge is 0.307 e. The molecule has 0 radical (unpaired) electrons. The minimum absolute atomic E-state index is 0.145. The zero-order valence-electron chi connectivity index (χ0n) is 14.3. The molecule has 0 aromatic heterocycles. The fourth-order valence-electron chi connectivity index (χ4n) is 2.30. The lowest BCUT2D eigenvalue weighted by atomic mass is 9.76. The second kappa shape index (κ2) is 9.72. The molecule has 0 saturated carbocycles. The van der Waals surface area contributed by atoms with Crippen LogP contribution in [0.5, 0.6) is 0 Å². The van der Waals surface area contributed by atoms with Crippen molar-refractivity contribution in [2.45, 2.75) is 44.9 Å². The van der Waals surface area contributed by atoms with Gasteiger partial charge in [0.15, 0.2) is 0 Å². The van der Waals surface area contributed by atoms with Crippen molar-refractivity contribution in [2.75, 3.05) is 13.2 Å². The summed E-state index contributed by atoms with van der Waals surface area (Å²) in [7, 11) is 0. The molecule has 1 aromatic rings. The van der Waals surface area contributed by atoms with E-state index in [0.717, 1.165) is 12.1 Å². The lowest BCUT2D eigenvalue weighted by Crippen LogP contribution is -2.33. The summed E-state index contributed by atoms with van der Waals surface area (Å²) in [5.41, 5.74) is -2.06. The van der Waals surface area contributed by atoms with Gasteiger partial charge in [-0.2, -0.15) is 5.26 Å². The van der Waals surface area contributed by atoms with E-state index in [1.54, 1.807) is 13.8 Å². The first-order chi connectivity index (χ1) is 11.9. The molecular formula is C18H21F2NO4. The lowest BCUT2D eigenvalue weighted by molar-refractivity contribution is -0.147. The minimum Gasteiger partial charge on any atom is -0.466 e. The van der Waals surface area contributed by atoms with Crippen molar-refractivity contribution in [3.05, 3.63) is 35.4 Å². The molecule has 0 aliphatic rings. The van der Waals surface area contributed by atoms with Crippen molar-refractivity contribution in [1.82, 2.24) is 0 Å². The highest BCUT2D eigenvalue weighted by atomic mass is 19.1. The van der Waals surface area contributed by atoms with Crippen molar-refractivity contribution in [3.63, 3.8) is 0 Å². The van der Waals surface area contributed by atoms with Crippen LogP contribution in [0.15, 0.2) is 18.2 Å². The van der Waals surface area contributed by atoms with Crippen LogP contribution in [-0.2, 0) is 24.5 Å². The van der Waals surface area contributed by atoms with Gasteiger partial charge in [0.05, 0.1) is 32.1 Å². The average molecular weight is 353 g/mol. The van der Waals surface area contributed by atoms with Crippen LogP contribution in [0.25, 0.3) is 0 Å². The topological polar surface area (TPSA) is 76.4 Å². The summed E-state index contributed by atoms with van der Waals surface area (Å²) in [4.78, 5) is 24.0. The summed E-state index contributed by atoms with van der Waals surface area (Å²) in [5, 5.41) is 9.65. The molecule has 0 saturated heterocycles. The zero-order chi connectivity index (χ0) is 18.9. The highest BCUT2D eigenvalue weighted by Gasteiger charge is 2.41. The zero-order valence-corrected chi connectivity index (χ0v) is 14.3. The molecule has 136 valence electrons. The Morgan fingerprint density at radius 3 is 2.00 bits per heavy atom. The third kappa shape index (κ3) is 5.82. The van der Waals surface area contributed by atoms with Crippen LogP contribution in [0.4, 0.5) is 8.78 Å². The molecule has 25 heavy (non-hydrogen) atoms. The Morgan fingerprint density at radius 1 is 1.08 bits per heavy atom. The molecule has 0 amide bonds. The third-order valence-corrected chi connectivity index (χ3v) is 3.49. The maximum absolute atomic E-state index is 14.2. The van der Waals surface area contributed by atoms with Gasteiger partial charge in [0.25, 0.3) is 0 Å². The highest BCUT2D eigenvalue weighted by Crippen LogP contribution is 2.34. The van der Waals surface area contributed by atoms with Gasteiger partial charge < -0.3 is 9.47 Å². The molecule has 7 heteroatoms. The van der Waals surface area contributed by atoms with E-state index in [0.29, 0.717) is 18.9 Å². The maximum Gasteiger partial charge on any atom is 0.307 e. The molecule has 1 rings (SSSR count). The fourth-order valence-corrected chi connectivity index (χ4v) is 2.30. The number of hydrogen-bond donors (Lipinski definition) is 0. The minimum atomic E-state index is -1.83. The van der Waals surface area contributed by atoms with Gasteiger partial charge in [-0.25, -0.2) is 8.78 Å². The molecule has 0 atom stereocenters. The van der Waals surface area contributed by atoms with Crippen molar-refractivity contribution >= 4 is 11.9 Å².